The molecule has 2 heterocycles. The molecule has 1 N–H and O–H groups in total. The highest BCUT2D eigenvalue weighted by molar-refractivity contribution is 7.07. The summed E-state index contributed by atoms with van der Waals surface area (Å²) in [5, 5.41) is 5.09. The van der Waals surface area contributed by atoms with E-state index >= 15 is 0 Å². The lowest BCUT2D eigenvalue weighted by atomic mass is 10.2. The summed E-state index contributed by atoms with van der Waals surface area (Å²) in [7, 11) is 0. The van der Waals surface area contributed by atoms with Gasteiger partial charge in [-0.3, -0.25) is 4.79 Å². The number of halogens is 1. The molecular weight excluding hydrogens is 258 g/mol. The van der Waals surface area contributed by atoms with Crippen molar-refractivity contribution in [2.24, 2.45) is 0 Å². The Kier molecular flexibility index (Phi) is 4.06. The molecule has 17 heavy (non-hydrogen) atoms. The van der Waals surface area contributed by atoms with Crippen LogP contribution < -0.4 is 5.32 Å². The Morgan fingerprint density at radius 2 is 2.35 bits per heavy atom. The maximum atomic E-state index is 11.7. The van der Waals surface area contributed by atoms with Crippen LogP contribution in [0.4, 0.5) is 0 Å². The summed E-state index contributed by atoms with van der Waals surface area (Å²) >= 11 is 7.25. The van der Waals surface area contributed by atoms with Crippen LogP contribution >= 0.6 is 22.9 Å². The van der Waals surface area contributed by atoms with Crippen molar-refractivity contribution >= 4 is 28.8 Å². The molecule has 0 aliphatic heterocycles. The van der Waals surface area contributed by atoms with Crippen LogP contribution in [0.3, 0.4) is 0 Å². The van der Waals surface area contributed by atoms with Crippen molar-refractivity contribution in [1.29, 1.82) is 0 Å². The first-order chi connectivity index (χ1) is 8.25. The van der Waals surface area contributed by atoms with Gasteiger partial charge in [-0.15, -0.1) is 11.3 Å². The molecule has 88 valence electrons. The van der Waals surface area contributed by atoms with Gasteiger partial charge in [-0.1, -0.05) is 11.6 Å². The van der Waals surface area contributed by atoms with Crippen molar-refractivity contribution in [3.05, 3.63) is 45.6 Å². The van der Waals surface area contributed by atoms with Gasteiger partial charge in [0.2, 0.25) is 0 Å². The Morgan fingerprint density at radius 3 is 3.06 bits per heavy atom. The third-order valence-corrected chi connectivity index (χ3v) is 2.98. The quantitative estimate of drug-likeness (QED) is 0.864. The first-order valence-corrected chi connectivity index (χ1v) is 6.34. The Morgan fingerprint density at radius 1 is 1.47 bits per heavy atom. The fraction of sp³-hybridized carbons (Fsp3) is 0.182. The maximum Gasteiger partial charge on any atom is 0.251 e. The second-order valence-corrected chi connectivity index (χ2v) is 4.46. The highest BCUT2D eigenvalue weighted by atomic mass is 35.5. The number of aromatic nitrogens is 2. The monoisotopic (exact) mass is 267 g/mol. The second kappa shape index (κ2) is 5.75. The summed E-state index contributed by atoms with van der Waals surface area (Å²) in [6.07, 6.45) is 2.24. The number of nitrogens with zero attached hydrogens (tertiary/aromatic N) is 2. The molecule has 1 amide bonds. The first kappa shape index (κ1) is 12.0. The zero-order valence-corrected chi connectivity index (χ0v) is 10.5. The standard InChI is InChI=1S/C11H10ClN3OS/c12-10-5-8(1-3-13-10)11(16)14-4-2-9-6-17-7-15-9/h1,3,5-7H,2,4H2,(H,14,16). The van der Waals surface area contributed by atoms with Crippen LogP contribution in [0.15, 0.2) is 29.2 Å². The Balaban J connectivity index is 1.85. The number of pyridine rings is 1. The average molecular weight is 268 g/mol. The maximum absolute atomic E-state index is 11.7. The minimum absolute atomic E-state index is 0.149. The molecule has 0 radical (unpaired) electrons. The Bertz CT molecular complexity index is 501. The number of rotatable bonds is 4. The predicted octanol–water partition coefficient (Wildman–Crippen LogP) is 2.16. The number of carbonyl (C=O) groups excluding carboxylic acids is 1. The van der Waals surface area contributed by atoms with E-state index in [1.54, 1.807) is 29.0 Å². The fourth-order valence-electron chi connectivity index (χ4n) is 1.31. The molecule has 2 rings (SSSR count). The van der Waals surface area contributed by atoms with Gasteiger partial charge in [-0.25, -0.2) is 9.97 Å². The van der Waals surface area contributed by atoms with E-state index in [1.165, 1.54) is 6.20 Å². The molecule has 0 saturated heterocycles. The number of hydrogen-bond acceptors (Lipinski definition) is 4. The SMILES string of the molecule is O=C(NCCc1cscn1)c1ccnc(Cl)c1. The van der Waals surface area contributed by atoms with Gasteiger partial charge in [0.15, 0.2) is 0 Å². The molecule has 6 heteroatoms. The number of carbonyl (C=O) groups is 1. The molecule has 2 aromatic rings. The molecule has 0 aliphatic carbocycles. The molecular formula is C11H10ClN3OS. The number of hydrogen-bond donors (Lipinski definition) is 1. The van der Waals surface area contributed by atoms with E-state index in [2.05, 4.69) is 15.3 Å². The number of nitrogens with one attached hydrogen (secondary N) is 1. The zero-order chi connectivity index (χ0) is 12.1. The summed E-state index contributed by atoms with van der Waals surface area (Å²) in [6.45, 7) is 0.558. The van der Waals surface area contributed by atoms with Gasteiger partial charge in [0.05, 0.1) is 11.2 Å². The van der Waals surface area contributed by atoms with E-state index in [4.69, 9.17) is 11.6 Å². The summed E-state index contributed by atoms with van der Waals surface area (Å²) in [6, 6.07) is 3.17. The molecule has 2 aromatic heterocycles. The summed E-state index contributed by atoms with van der Waals surface area (Å²) in [5.41, 5.74) is 3.28. The molecule has 0 unspecified atom stereocenters. The Labute approximate surface area is 108 Å². The van der Waals surface area contributed by atoms with E-state index in [-0.39, 0.29) is 5.91 Å². The van der Waals surface area contributed by atoms with Crippen molar-refractivity contribution in [3.63, 3.8) is 0 Å². The van der Waals surface area contributed by atoms with E-state index < -0.39 is 0 Å². The van der Waals surface area contributed by atoms with Gasteiger partial charge in [0.25, 0.3) is 5.91 Å². The van der Waals surface area contributed by atoms with Gasteiger partial charge in [-0.2, -0.15) is 0 Å². The van der Waals surface area contributed by atoms with Gasteiger partial charge in [0.1, 0.15) is 5.15 Å². The van der Waals surface area contributed by atoms with E-state index in [1.807, 2.05) is 5.38 Å². The van der Waals surface area contributed by atoms with Crippen molar-refractivity contribution in [3.8, 4) is 0 Å². The van der Waals surface area contributed by atoms with Crippen LogP contribution in [0.2, 0.25) is 5.15 Å². The van der Waals surface area contributed by atoms with Crippen LogP contribution in [0.25, 0.3) is 0 Å². The Hall–Kier alpha value is -1.46. The fourth-order valence-corrected chi connectivity index (χ4v) is 2.08. The van der Waals surface area contributed by atoms with Crippen LogP contribution in [0.5, 0.6) is 0 Å². The zero-order valence-electron chi connectivity index (χ0n) is 8.89. The first-order valence-electron chi connectivity index (χ1n) is 5.02. The lowest BCUT2D eigenvalue weighted by molar-refractivity contribution is 0.0954. The van der Waals surface area contributed by atoms with Crippen LogP contribution in [-0.2, 0) is 6.42 Å². The minimum atomic E-state index is -0.149. The predicted molar refractivity (Wildman–Crippen MR) is 67.4 cm³/mol. The normalized spacial score (nSPS) is 10.2. The van der Waals surface area contributed by atoms with Crippen molar-refractivity contribution in [2.45, 2.75) is 6.42 Å². The topological polar surface area (TPSA) is 54.9 Å². The van der Waals surface area contributed by atoms with Gasteiger partial charge >= 0.3 is 0 Å². The minimum Gasteiger partial charge on any atom is -0.352 e. The summed E-state index contributed by atoms with van der Waals surface area (Å²) in [4.78, 5) is 19.7. The average Bonchev–Trinajstić information content (AvgIpc) is 2.82. The lowest BCUT2D eigenvalue weighted by Crippen LogP contribution is -2.25. The van der Waals surface area contributed by atoms with Gasteiger partial charge in [-0.05, 0) is 12.1 Å². The smallest absolute Gasteiger partial charge is 0.251 e. The highest BCUT2D eigenvalue weighted by Gasteiger charge is 2.05. The number of thiazole rings is 1. The second-order valence-electron chi connectivity index (χ2n) is 3.35. The van der Waals surface area contributed by atoms with Crippen molar-refractivity contribution in [2.75, 3.05) is 6.54 Å². The third kappa shape index (κ3) is 3.51. The largest absolute Gasteiger partial charge is 0.352 e. The van der Waals surface area contributed by atoms with Gasteiger partial charge in [0, 0.05) is 30.1 Å². The molecule has 0 atom stereocenters. The lowest BCUT2D eigenvalue weighted by Gasteiger charge is -2.03. The molecule has 4 nitrogen and oxygen atoms in total. The van der Waals surface area contributed by atoms with Gasteiger partial charge < -0.3 is 5.32 Å². The molecule has 0 spiro atoms. The van der Waals surface area contributed by atoms with E-state index in [9.17, 15) is 4.79 Å². The molecule has 0 fully saturated rings. The van der Waals surface area contributed by atoms with Crippen LogP contribution in [-0.4, -0.2) is 22.4 Å². The number of amides is 1. The third-order valence-electron chi connectivity index (χ3n) is 2.14. The molecule has 0 aromatic carbocycles. The van der Waals surface area contributed by atoms with E-state index in [0.29, 0.717) is 17.3 Å². The van der Waals surface area contributed by atoms with Crippen molar-refractivity contribution in [1.82, 2.24) is 15.3 Å². The summed E-state index contributed by atoms with van der Waals surface area (Å²) < 4.78 is 0. The molecule has 0 aliphatic rings. The van der Waals surface area contributed by atoms with Crippen LogP contribution in [0.1, 0.15) is 16.1 Å². The molecule has 0 saturated carbocycles. The van der Waals surface area contributed by atoms with Crippen LogP contribution in [0, 0.1) is 0 Å². The van der Waals surface area contributed by atoms with Crippen molar-refractivity contribution < 1.29 is 4.79 Å². The molecule has 0 bridgehead atoms. The van der Waals surface area contributed by atoms with E-state index in [0.717, 1.165) is 12.1 Å². The highest BCUT2D eigenvalue weighted by Crippen LogP contribution is 2.07. The summed E-state index contributed by atoms with van der Waals surface area (Å²) in [5.74, 6) is -0.149.